The Labute approximate surface area is 174 Å². The Bertz CT molecular complexity index is 918. The van der Waals surface area contributed by atoms with Gasteiger partial charge in [0, 0.05) is 16.6 Å². The minimum atomic E-state index is -3.77. The molecule has 1 unspecified atom stereocenters. The van der Waals surface area contributed by atoms with Crippen LogP contribution < -0.4 is 9.62 Å². The predicted molar refractivity (Wildman–Crippen MR) is 111 cm³/mol. The lowest BCUT2D eigenvalue weighted by molar-refractivity contribution is -0.121. The Morgan fingerprint density at radius 3 is 2.26 bits per heavy atom. The third-order valence-corrected chi connectivity index (χ3v) is 5.89. The number of amides is 1. The fraction of sp³-hybridized carbons (Fsp3) is 0.278. The van der Waals surface area contributed by atoms with Crippen molar-refractivity contribution in [1.29, 1.82) is 0 Å². The molecule has 0 spiro atoms. The highest BCUT2D eigenvalue weighted by atomic mass is 35.5. The molecule has 0 saturated heterocycles. The first-order valence-electron chi connectivity index (χ1n) is 8.06. The van der Waals surface area contributed by atoms with Gasteiger partial charge in [0.1, 0.15) is 6.04 Å². The van der Waals surface area contributed by atoms with Crippen LogP contribution in [0.1, 0.15) is 12.5 Å². The fourth-order valence-electron chi connectivity index (χ4n) is 2.56. The molecule has 1 N–H and O–H groups in total. The van der Waals surface area contributed by atoms with E-state index in [9.17, 15) is 13.2 Å². The summed E-state index contributed by atoms with van der Waals surface area (Å²) in [5.41, 5.74) is 1.16. The van der Waals surface area contributed by atoms with Crippen LogP contribution in [-0.2, 0) is 21.2 Å². The average molecular weight is 450 g/mol. The Morgan fingerprint density at radius 2 is 1.67 bits per heavy atom. The smallest absolute Gasteiger partial charge is 0.243 e. The van der Waals surface area contributed by atoms with Crippen LogP contribution in [0.4, 0.5) is 5.69 Å². The Morgan fingerprint density at radius 1 is 1.07 bits per heavy atom. The van der Waals surface area contributed by atoms with Crippen LogP contribution in [0.2, 0.25) is 15.1 Å². The standard InChI is InChI=1S/C18H19Cl3N2O3S/c1-12(18(24)22-10-9-13-3-5-14(19)6-4-13)23(27(2,25)26)17-11-15(20)7-8-16(17)21/h3-8,11-12H,9-10H2,1-2H3,(H,22,24). The number of hydrogen-bond acceptors (Lipinski definition) is 3. The summed E-state index contributed by atoms with van der Waals surface area (Å²) in [4.78, 5) is 12.5. The number of nitrogens with one attached hydrogen (secondary N) is 1. The highest BCUT2D eigenvalue weighted by molar-refractivity contribution is 7.92. The summed E-state index contributed by atoms with van der Waals surface area (Å²) < 4.78 is 25.6. The van der Waals surface area contributed by atoms with Crippen molar-refractivity contribution in [3.05, 3.63) is 63.1 Å². The van der Waals surface area contributed by atoms with Gasteiger partial charge in [-0.2, -0.15) is 0 Å². The zero-order valence-electron chi connectivity index (χ0n) is 14.7. The number of rotatable bonds is 7. The quantitative estimate of drug-likeness (QED) is 0.690. The number of halogens is 3. The van der Waals surface area contributed by atoms with Crippen LogP contribution in [0.5, 0.6) is 0 Å². The summed E-state index contributed by atoms with van der Waals surface area (Å²) in [6.45, 7) is 1.85. The topological polar surface area (TPSA) is 66.5 Å². The van der Waals surface area contributed by atoms with Gasteiger partial charge >= 0.3 is 0 Å². The molecule has 1 atom stereocenters. The molecule has 27 heavy (non-hydrogen) atoms. The molecule has 0 bridgehead atoms. The van der Waals surface area contributed by atoms with Gasteiger partial charge in [0.05, 0.1) is 17.0 Å². The highest BCUT2D eigenvalue weighted by Gasteiger charge is 2.30. The molecule has 2 rings (SSSR count). The average Bonchev–Trinajstić information content (AvgIpc) is 2.58. The van der Waals surface area contributed by atoms with Crippen LogP contribution in [0.15, 0.2) is 42.5 Å². The second-order valence-electron chi connectivity index (χ2n) is 6.00. The zero-order valence-corrected chi connectivity index (χ0v) is 17.8. The van der Waals surface area contributed by atoms with Crippen LogP contribution in [0.3, 0.4) is 0 Å². The van der Waals surface area contributed by atoms with Gasteiger partial charge in [0.15, 0.2) is 0 Å². The maximum atomic E-state index is 12.5. The highest BCUT2D eigenvalue weighted by Crippen LogP contribution is 2.32. The molecule has 0 radical (unpaired) electrons. The molecular formula is C18H19Cl3N2O3S. The molecule has 5 nitrogen and oxygen atoms in total. The van der Waals surface area contributed by atoms with Crippen molar-refractivity contribution < 1.29 is 13.2 Å². The van der Waals surface area contributed by atoms with Crippen LogP contribution in [0.25, 0.3) is 0 Å². The van der Waals surface area contributed by atoms with Crippen LogP contribution in [-0.4, -0.2) is 33.2 Å². The van der Waals surface area contributed by atoms with Gasteiger partial charge in [-0.1, -0.05) is 46.9 Å². The van der Waals surface area contributed by atoms with E-state index in [4.69, 9.17) is 34.8 Å². The lowest BCUT2D eigenvalue weighted by Crippen LogP contribution is -2.48. The Hall–Kier alpha value is -1.47. The molecule has 0 aliphatic rings. The molecule has 2 aromatic carbocycles. The predicted octanol–water partition coefficient (Wildman–Crippen LogP) is 4.16. The van der Waals surface area contributed by atoms with Gasteiger partial charge in [0.2, 0.25) is 15.9 Å². The SMILES string of the molecule is CC(C(=O)NCCc1ccc(Cl)cc1)N(c1cc(Cl)ccc1Cl)S(C)(=O)=O. The number of carbonyl (C=O) groups excluding carboxylic acids is 1. The summed E-state index contributed by atoms with van der Waals surface area (Å²) in [6, 6.07) is 10.7. The fourth-order valence-corrected chi connectivity index (χ4v) is 4.29. The minimum Gasteiger partial charge on any atom is -0.354 e. The molecule has 9 heteroatoms. The summed E-state index contributed by atoms with van der Waals surface area (Å²) in [5.74, 6) is -0.439. The van der Waals surface area contributed by atoms with Crippen molar-refractivity contribution >= 4 is 56.4 Å². The Balaban J connectivity index is 2.13. The summed E-state index contributed by atoms with van der Waals surface area (Å²) in [6.07, 6.45) is 1.61. The van der Waals surface area contributed by atoms with Crippen LogP contribution >= 0.6 is 34.8 Å². The van der Waals surface area contributed by atoms with Gasteiger partial charge < -0.3 is 5.32 Å². The van der Waals surface area contributed by atoms with E-state index in [-0.39, 0.29) is 10.7 Å². The van der Waals surface area contributed by atoms with Crippen molar-refractivity contribution in [3.63, 3.8) is 0 Å². The zero-order chi connectivity index (χ0) is 20.2. The maximum Gasteiger partial charge on any atom is 0.243 e. The first-order valence-corrected chi connectivity index (χ1v) is 11.0. The van der Waals surface area contributed by atoms with E-state index >= 15 is 0 Å². The second-order valence-corrected chi connectivity index (χ2v) is 9.14. The molecule has 146 valence electrons. The van der Waals surface area contributed by atoms with E-state index < -0.39 is 22.0 Å². The van der Waals surface area contributed by atoms with E-state index in [0.717, 1.165) is 16.1 Å². The number of nitrogens with zero attached hydrogens (tertiary/aromatic N) is 1. The number of carbonyl (C=O) groups is 1. The monoisotopic (exact) mass is 448 g/mol. The molecule has 0 saturated carbocycles. The first-order chi connectivity index (χ1) is 12.6. The lowest BCUT2D eigenvalue weighted by Gasteiger charge is -2.29. The number of benzene rings is 2. The molecular weight excluding hydrogens is 431 g/mol. The van der Waals surface area contributed by atoms with E-state index in [1.54, 1.807) is 18.2 Å². The maximum absolute atomic E-state index is 12.5. The molecule has 0 heterocycles. The van der Waals surface area contributed by atoms with Gasteiger partial charge in [-0.3, -0.25) is 9.10 Å². The molecule has 0 fully saturated rings. The second kappa shape index (κ2) is 9.15. The lowest BCUT2D eigenvalue weighted by atomic mass is 10.1. The third kappa shape index (κ3) is 6.01. The van der Waals surface area contributed by atoms with E-state index in [1.165, 1.54) is 19.1 Å². The van der Waals surface area contributed by atoms with Crippen molar-refractivity contribution in [2.75, 3.05) is 17.1 Å². The Kier molecular flexibility index (Phi) is 7.40. The molecule has 2 aromatic rings. The summed E-state index contributed by atoms with van der Waals surface area (Å²) in [7, 11) is -3.77. The molecule has 1 amide bonds. The van der Waals surface area contributed by atoms with Gasteiger partial charge in [0.25, 0.3) is 0 Å². The van der Waals surface area contributed by atoms with E-state index in [1.807, 2.05) is 12.1 Å². The van der Waals surface area contributed by atoms with Crippen molar-refractivity contribution in [2.45, 2.75) is 19.4 Å². The minimum absolute atomic E-state index is 0.159. The van der Waals surface area contributed by atoms with Gasteiger partial charge in [-0.05, 0) is 49.2 Å². The molecule has 0 aliphatic carbocycles. The molecule has 0 aromatic heterocycles. The number of anilines is 1. The summed E-state index contributed by atoms with van der Waals surface area (Å²) >= 11 is 17.9. The first kappa shape index (κ1) is 21.8. The normalized spacial score (nSPS) is 12.5. The van der Waals surface area contributed by atoms with Crippen molar-refractivity contribution in [2.24, 2.45) is 0 Å². The summed E-state index contributed by atoms with van der Waals surface area (Å²) in [5, 5.41) is 3.89. The van der Waals surface area contributed by atoms with E-state index in [2.05, 4.69) is 5.32 Å². The van der Waals surface area contributed by atoms with Gasteiger partial charge in [-0.15, -0.1) is 0 Å². The largest absolute Gasteiger partial charge is 0.354 e. The van der Waals surface area contributed by atoms with Gasteiger partial charge in [-0.25, -0.2) is 8.42 Å². The van der Waals surface area contributed by atoms with Crippen LogP contribution in [0, 0.1) is 0 Å². The molecule has 0 aliphatic heterocycles. The third-order valence-electron chi connectivity index (χ3n) is 3.86. The number of sulfonamides is 1. The number of hydrogen-bond donors (Lipinski definition) is 1. The van der Waals surface area contributed by atoms with Crippen molar-refractivity contribution in [3.8, 4) is 0 Å². The van der Waals surface area contributed by atoms with E-state index in [0.29, 0.717) is 23.0 Å². The van der Waals surface area contributed by atoms with Crippen molar-refractivity contribution in [1.82, 2.24) is 5.32 Å².